The number of nitrogens with zero attached hydrogens (tertiary/aromatic N) is 2. The minimum atomic E-state index is 0.0865. The van der Waals surface area contributed by atoms with Crippen LogP contribution in [-0.4, -0.2) is 29.6 Å². The van der Waals surface area contributed by atoms with E-state index in [0.717, 1.165) is 11.3 Å². The van der Waals surface area contributed by atoms with Crippen LogP contribution in [0.2, 0.25) is 0 Å². The van der Waals surface area contributed by atoms with Crippen molar-refractivity contribution < 1.29 is 4.79 Å². The second kappa shape index (κ2) is 9.00. The maximum absolute atomic E-state index is 12.0. The van der Waals surface area contributed by atoms with Crippen LogP contribution in [0.15, 0.2) is 49.6 Å². The van der Waals surface area contributed by atoms with Crippen molar-refractivity contribution in [1.29, 1.82) is 5.26 Å². The zero-order valence-corrected chi connectivity index (χ0v) is 12.2. The monoisotopic (exact) mass is 286 g/mol. The van der Waals surface area contributed by atoms with Crippen molar-refractivity contribution in [1.82, 2.24) is 4.90 Å². The van der Waals surface area contributed by atoms with Crippen LogP contribution in [0.5, 0.6) is 0 Å². The molecule has 0 unspecified atom stereocenters. The van der Waals surface area contributed by atoms with Gasteiger partial charge in [-0.15, -0.1) is 24.9 Å². The molecule has 0 atom stereocenters. The number of carbonyl (C=O) groups excluding carboxylic acids is 1. The highest BCUT2D eigenvalue weighted by molar-refractivity contribution is 7.99. The summed E-state index contributed by atoms with van der Waals surface area (Å²) in [6, 6.07) is 9.50. The maximum Gasteiger partial charge on any atom is 0.233 e. The predicted octanol–water partition coefficient (Wildman–Crippen LogP) is 2.99. The van der Waals surface area contributed by atoms with Crippen LogP contribution >= 0.6 is 11.8 Å². The molecule has 4 heteroatoms. The standard InChI is InChI=1S/C16H18N2OS/c1-3-9-18(10-4-2)16(19)13-20-12-15-7-5-14(11-17)6-8-15/h3-8H,1-2,9-10,12-13H2. The molecule has 0 spiro atoms. The summed E-state index contributed by atoms with van der Waals surface area (Å²) in [5.74, 6) is 1.28. The van der Waals surface area contributed by atoms with Gasteiger partial charge in [0.15, 0.2) is 0 Å². The quantitative estimate of drug-likeness (QED) is 0.690. The molecule has 0 saturated carbocycles. The highest BCUT2D eigenvalue weighted by Crippen LogP contribution is 2.13. The second-order valence-electron chi connectivity index (χ2n) is 4.18. The van der Waals surface area contributed by atoms with Gasteiger partial charge in [-0.25, -0.2) is 0 Å². The fourth-order valence-electron chi connectivity index (χ4n) is 1.61. The topological polar surface area (TPSA) is 44.1 Å². The first-order valence-electron chi connectivity index (χ1n) is 6.27. The van der Waals surface area contributed by atoms with Crippen molar-refractivity contribution in [3.05, 3.63) is 60.7 Å². The van der Waals surface area contributed by atoms with Crippen molar-refractivity contribution in [3.63, 3.8) is 0 Å². The molecular weight excluding hydrogens is 268 g/mol. The Bertz CT molecular complexity index is 492. The number of carbonyl (C=O) groups is 1. The maximum atomic E-state index is 12.0. The Kier molecular flexibility index (Phi) is 7.23. The second-order valence-corrected chi connectivity index (χ2v) is 5.16. The number of hydrogen-bond donors (Lipinski definition) is 0. The third kappa shape index (κ3) is 5.33. The third-order valence-corrected chi connectivity index (χ3v) is 3.62. The number of nitriles is 1. The molecule has 104 valence electrons. The Hall–Kier alpha value is -1.99. The van der Waals surface area contributed by atoms with E-state index in [0.29, 0.717) is 24.4 Å². The van der Waals surface area contributed by atoms with Gasteiger partial charge in [0.25, 0.3) is 0 Å². The lowest BCUT2D eigenvalue weighted by molar-refractivity contribution is -0.127. The first-order valence-corrected chi connectivity index (χ1v) is 7.43. The molecule has 1 aromatic rings. The van der Waals surface area contributed by atoms with E-state index in [4.69, 9.17) is 5.26 Å². The van der Waals surface area contributed by atoms with Gasteiger partial charge >= 0.3 is 0 Å². The third-order valence-electron chi connectivity index (χ3n) is 2.63. The average Bonchev–Trinajstić information content (AvgIpc) is 2.47. The van der Waals surface area contributed by atoms with Gasteiger partial charge in [-0.3, -0.25) is 4.79 Å². The molecule has 1 amide bonds. The van der Waals surface area contributed by atoms with Crippen molar-refractivity contribution in [3.8, 4) is 6.07 Å². The number of rotatable bonds is 8. The summed E-state index contributed by atoms with van der Waals surface area (Å²) in [5.41, 5.74) is 1.76. The van der Waals surface area contributed by atoms with Gasteiger partial charge in [-0.05, 0) is 17.7 Å². The Balaban J connectivity index is 2.41. The zero-order chi connectivity index (χ0) is 14.8. The molecule has 3 nitrogen and oxygen atoms in total. The molecular formula is C16H18N2OS. The number of amides is 1. The number of benzene rings is 1. The molecule has 0 fully saturated rings. The van der Waals surface area contributed by atoms with Gasteiger partial charge in [0.2, 0.25) is 5.91 Å². The smallest absolute Gasteiger partial charge is 0.233 e. The lowest BCUT2D eigenvalue weighted by Crippen LogP contribution is -2.32. The molecule has 0 bridgehead atoms. The Morgan fingerprint density at radius 1 is 1.25 bits per heavy atom. The fraction of sp³-hybridized carbons (Fsp3) is 0.250. The van der Waals surface area contributed by atoms with Crippen LogP contribution in [0.3, 0.4) is 0 Å². The van der Waals surface area contributed by atoms with Crippen molar-refractivity contribution in [2.24, 2.45) is 0 Å². The summed E-state index contributed by atoms with van der Waals surface area (Å²) >= 11 is 1.57. The molecule has 0 saturated heterocycles. The Labute approximate surface area is 124 Å². The van der Waals surface area contributed by atoms with Crippen LogP contribution in [0.1, 0.15) is 11.1 Å². The van der Waals surface area contributed by atoms with E-state index in [2.05, 4.69) is 19.2 Å². The Morgan fingerprint density at radius 3 is 2.35 bits per heavy atom. The van der Waals surface area contributed by atoms with Gasteiger partial charge in [0, 0.05) is 18.8 Å². The summed E-state index contributed by atoms with van der Waals surface area (Å²) in [7, 11) is 0. The molecule has 1 aromatic carbocycles. The molecule has 0 N–H and O–H groups in total. The van der Waals surface area contributed by atoms with E-state index < -0.39 is 0 Å². The van der Waals surface area contributed by atoms with Crippen LogP contribution in [0.4, 0.5) is 0 Å². The Morgan fingerprint density at radius 2 is 1.85 bits per heavy atom. The van der Waals surface area contributed by atoms with Crippen molar-refractivity contribution >= 4 is 17.7 Å². The van der Waals surface area contributed by atoms with Gasteiger partial charge in [-0.1, -0.05) is 24.3 Å². The van der Waals surface area contributed by atoms with E-state index in [1.807, 2.05) is 12.1 Å². The van der Waals surface area contributed by atoms with Crippen molar-refractivity contribution in [2.75, 3.05) is 18.8 Å². The normalized spacial score (nSPS) is 9.55. The molecule has 0 aliphatic rings. The van der Waals surface area contributed by atoms with Crippen LogP contribution in [0, 0.1) is 11.3 Å². The lowest BCUT2D eigenvalue weighted by atomic mass is 10.2. The van der Waals surface area contributed by atoms with Crippen molar-refractivity contribution in [2.45, 2.75) is 5.75 Å². The van der Waals surface area contributed by atoms with E-state index in [-0.39, 0.29) is 5.91 Å². The highest BCUT2D eigenvalue weighted by Gasteiger charge is 2.10. The molecule has 0 aliphatic carbocycles. The van der Waals surface area contributed by atoms with Gasteiger partial charge in [-0.2, -0.15) is 5.26 Å². The molecule has 0 radical (unpaired) electrons. The first kappa shape index (κ1) is 16.1. The zero-order valence-electron chi connectivity index (χ0n) is 11.4. The SMILES string of the molecule is C=CCN(CC=C)C(=O)CSCc1ccc(C#N)cc1. The highest BCUT2D eigenvalue weighted by atomic mass is 32.2. The van der Waals surface area contributed by atoms with E-state index in [9.17, 15) is 4.79 Å². The van der Waals surface area contributed by atoms with Gasteiger partial charge in [0.05, 0.1) is 17.4 Å². The largest absolute Gasteiger partial charge is 0.335 e. The number of hydrogen-bond acceptors (Lipinski definition) is 3. The van der Waals surface area contributed by atoms with Gasteiger partial charge < -0.3 is 4.90 Å². The molecule has 0 heterocycles. The van der Waals surface area contributed by atoms with Gasteiger partial charge in [0.1, 0.15) is 0 Å². The molecule has 20 heavy (non-hydrogen) atoms. The molecule has 0 aromatic heterocycles. The number of thioether (sulfide) groups is 1. The minimum Gasteiger partial charge on any atom is -0.335 e. The fourth-order valence-corrected chi connectivity index (χ4v) is 2.50. The first-order chi connectivity index (χ1) is 9.71. The summed E-state index contributed by atoms with van der Waals surface area (Å²) in [5, 5.41) is 8.72. The van der Waals surface area contributed by atoms with E-state index >= 15 is 0 Å². The molecule has 1 rings (SSSR count). The summed E-state index contributed by atoms with van der Waals surface area (Å²) in [6.45, 7) is 8.38. The van der Waals surface area contributed by atoms with E-state index in [1.54, 1.807) is 40.9 Å². The molecule has 0 aliphatic heterocycles. The average molecular weight is 286 g/mol. The minimum absolute atomic E-state index is 0.0865. The van der Waals surface area contributed by atoms with E-state index in [1.165, 1.54) is 0 Å². The van der Waals surface area contributed by atoms with Crippen LogP contribution < -0.4 is 0 Å². The predicted molar refractivity (Wildman–Crippen MR) is 84.3 cm³/mol. The summed E-state index contributed by atoms with van der Waals surface area (Å²) in [4.78, 5) is 13.7. The van der Waals surface area contributed by atoms with Crippen LogP contribution in [-0.2, 0) is 10.5 Å². The lowest BCUT2D eigenvalue weighted by Gasteiger charge is -2.18. The van der Waals surface area contributed by atoms with Crippen LogP contribution in [0.25, 0.3) is 0 Å². The summed E-state index contributed by atoms with van der Waals surface area (Å²) < 4.78 is 0. The summed E-state index contributed by atoms with van der Waals surface area (Å²) in [6.07, 6.45) is 3.43.